The molecule has 2 aromatic heterocycles. The number of fused-ring (bicyclic) bond motifs is 1. The van der Waals surface area contributed by atoms with Crippen molar-refractivity contribution >= 4 is 46.5 Å². The molecule has 17 nitrogen and oxygen atoms in total. The first-order valence-electron chi connectivity index (χ1n) is 18.6. The van der Waals surface area contributed by atoms with Gasteiger partial charge in [-0.25, -0.2) is 9.78 Å². The largest absolute Gasteiger partial charge is 0.445 e. The number of rotatable bonds is 20. The summed E-state index contributed by atoms with van der Waals surface area (Å²) in [5.74, 6) is -3.70. The summed E-state index contributed by atoms with van der Waals surface area (Å²) in [5.41, 5.74) is 9.02. The average molecular weight is 794 g/mol. The number of hydrogen-bond donors (Lipinski definition) is 8. The van der Waals surface area contributed by atoms with Gasteiger partial charge in [0.2, 0.25) is 29.5 Å². The van der Waals surface area contributed by atoms with Crippen LogP contribution >= 0.6 is 0 Å². The molecule has 0 radical (unpaired) electrons. The molecule has 9 N–H and O–H groups in total. The van der Waals surface area contributed by atoms with E-state index in [0.717, 1.165) is 22.0 Å². The number of amides is 6. The molecule has 0 unspecified atom stereocenters. The van der Waals surface area contributed by atoms with Crippen molar-refractivity contribution in [1.82, 2.24) is 41.5 Å². The van der Waals surface area contributed by atoms with Crippen LogP contribution in [0.3, 0.4) is 0 Å². The molecule has 0 aliphatic rings. The summed E-state index contributed by atoms with van der Waals surface area (Å²) < 4.78 is 11.2. The number of hydrogen-bond acceptors (Lipinski definition) is 9. The van der Waals surface area contributed by atoms with Crippen molar-refractivity contribution in [3.8, 4) is 0 Å². The van der Waals surface area contributed by atoms with Crippen molar-refractivity contribution in [2.75, 3.05) is 6.61 Å². The van der Waals surface area contributed by atoms with Crippen molar-refractivity contribution in [2.24, 2.45) is 5.73 Å². The van der Waals surface area contributed by atoms with Crippen molar-refractivity contribution in [3.05, 3.63) is 126 Å². The third kappa shape index (κ3) is 12.5. The number of benzene rings is 3. The second kappa shape index (κ2) is 20.8. The van der Waals surface area contributed by atoms with Gasteiger partial charge in [0.15, 0.2) is 0 Å². The highest BCUT2D eigenvalue weighted by atomic mass is 16.5. The van der Waals surface area contributed by atoms with E-state index in [1.165, 1.54) is 26.4 Å². The molecule has 0 saturated carbocycles. The number of carbonyl (C=O) groups is 6. The van der Waals surface area contributed by atoms with Gasteiger partial charge in [0.1, 0.15) is 36.8 Å². The van der Waals surface area contributed by atoms with E-state index in [9.17, 15) is 28.8 Å². The van der Waals surface area contributed by atoms with Crippen molar-refractivity contribution < 1.29 is 38.2 Å². The van der Waals surface area contributed by atoms with Crippen LogP contribution in [-0.4, -0.2) is 87.4 Å². The number of ether oxygens (including phenoxy) is 2. The van der Waals surface area contributed by atoms with Gasteiger partial charge in [0.25, 0.3) is 0 Å². The lowest BCUT2D eigenvalue weighted by Gasteiger charge is -2.25. The molecule has 5 atom stereocenters. The molecule has 0 aliphatic heterocycles. The van der Waals surface area contributed by atoms with Crippen molar-refractivity contribution in [1.29, 1.82) is 0 Å². The van der Waals surface area contributed by atoms with E-state index in [2.05, 4.69) is 41.5 Å². The molecule has 5 rings (SSSR count). The number of carbonyl (C=O) groups excluding carboxylic acids is 6. The molecule has 304 valence electrons. The summed E-state index contributed by atoms with van der Waals surface area (Å²) >= 11 is 0. The maximum Gasteiger partial charge on any atom is 0.408 e. The van der Waals surface area contributed by atoms with Gasteiger partial charge >= 0.3 is 6.09 Å². The number of aromatic amines is 2. The molecule has 58 heavy (non-hydrogen) atoms. The number of nitrogens with one attached hydrogen (secondary N) is 7. The van der Waals surface area contributed by atoms with E-state index in [1.54, 1.807) is 30.5 Å². The van der Waals surface area contributed by atoms with Gasteiger partial charge in [0, 0.05) is 41.8 Å². The number of aromatic nitrogens is 3. The lowest BCUT2D eigenvalue weighted by molar-refractivity contribution is -0.135. The highest BCUT2D eigenvalue weighted by Crippen LogP contribution is 2.19. The first-order chi connectivity index (χ1) is 28.0. The van der Waals surface area contributed by atoms with Crippen LogP contribution in [0.5, 0.6) is 0 Å². The molecule has 17 heteroatoms. The van der Waals surface area contributed by atoms with E-state index < -0.39 is 65.8 Å². The number of imidazole rings is 1. The monoisotopic (exact) mass is 793 g/mol. The molecule has 6 amide bonds. The number of nitrogens with zero attached hydrogens (tertiary/aromatic N) is 1. The molecular weight excluding hydrogens is 747 g/mol. The van der Waals surface area contributed by atoms with E-state index >= 15 is 0 Å². The van der Waals surface area contributed by atoms with Crippen LogP contribution in [0.15, 0.2) is 104 Å². The molecule has 0 spiro atoms. The number of primary amides is 1. The zero-order valence-electron chi connectivity index (χ0n) is 32.0. The molecular formula is C41H47N9O8. The third-order valence-corrected chi connectivity index (χ3v) is 9.10. The zero-order chi connectivity index (χ0) is 41.4. The van der Waals surface area contributed by atoms with Crippen LogP contribution in [0, 0.1) is 0 Å². The van der Waals surface area contributed by atoms with Crippen LogP contribution in [0.25, 0.3) is 10.9 Å². The van der Waals surface area contributed by atoms with Crippen LogP contribution in [0.1, 0.15) is 36.2 Å². The molecule has 0 aliphatic carbocycles. The Labute approximate surface area is 334 Å². The Kier molecular flexibility index (Phi) is 15.1. The topological polar surface area (TPSA) is 252 Å². The van der Waals surface area contributed by atoms with Gasteiger partial charge in [-0.3, -0.25) is 24.0 Å². The number of para-hydroxylation sites is 1. The molecule has 2 heterocycles. The van der Waals surface area contributed by atoms with E-state index in [0.29, 0.717) is 11.3 Å². The fourth-order valence-electron chi connectivity index (χ4n) is 5.85. The summed E-state index contributed by atoms with van der Waals surface area (Å²) in [6, 6.07) is 19.6. The van der Waals surface area contributed by atoms with Crippen LogP contribution in [0.4, 0.5) is 4.79 Å². The molecule has 0 saturated heterocycles. The Morgan fingerprint density at radius 1 is 0.655 bits per heavy atom. The Morgan fingerprint density at radius 3 is 1.90 bits per heavy atom. The minimum atomic E-state index is -1.35. The molecule has 3 aromatic carbocycles. The van der Waals surface area contributed by atoms with Crippen LogP contribution in [-0.2, 0) is 59.5 Å². The second-order valence-corrected chi connectivity index (χ2v) is 13.6. The molecule has 0 bridgehead atoms. The normalized spacial score (nSPS) is 13.6. The Bertz CT molecular complexity index is 2140. The number of H-pyrrole nitrogens is 2. The number of alkyl carbamates (subject to hydrolysis) is 1. The summed E-state index contributed by atoms with van der Waals surface area (Å²) in [7, 11) is 0. The summed E-state index contributed by atoms with van der Waals surface area (Å²) in [4.78, 5) is 89.4. The standard InChI is InChI=1S/C41H47N9O8/c1-25(36(42)51)46-38(53)33(17-29-19-44-32-16-10-9-15-31(29)32)48-40(55)35(23-57-21-27-11-5-3-6-12-27)49-37(52)26(2)47-39(54)34(18-30-20-43-24-45-30)50-41(56)58-22-28-13-7-4-8-14-28/h3-16,19-20,24-26,33-35,44H,17-18,21-23H2,1-2H3,(H2,42,51)(H,43,45)(H,46,53)(H,47,54)(H,48,55)(H,49,52)(H,50,56)/t25-,26+,33+,34+,35+/m1/s1. The molecule has 5 aromatic rings. The number of nitrogens with two attached hydrogens (primary N) is 1. The first kappa shape index (κ1) is 42.1. The second-order valence-electron chi connectivity index (χ2n) is 13.6. The van der Waals surface area contributed by atoms with Crippen molar-refractivity contribution in [2.45, 2.75) is 70.1 Å². The fraction of sp³-hybridized carbons (Fsp3) is 0.293. The lowest BCUT2D eigenvalue weighted by Crippen LogP contribution is -2.59. The van der Waals surface area contributed by atoms with E-state index in [1.807, 2.05) is 60.7 Å². The quantitative estimate of drug-likeness (QED) is 0.0570. The van der Waals surface area contributed by atoms with Gasteiger partial charge in [-0.15, -0.1) is 0 Å². The highest BCUT2D eigenvalue weighted by molar-refractivity contribution is 5.96. The predicted octanol–water partition coefficient (Wildman–Crippen LogP) is 1.65. The first-order valence-corrected chi connectivity index (χ1v) is 18.6. The van der Waals surface area contributed by atoms with Crippen LogP contribution in [0.2, 0.25) is 0 Å². The SMILES string of the molecule is C[C@H](NC(=O)[C@H](Cc1cnc[nH]1)NC(=O)OCc1ccccc1)C(=O)N[C@@H](COCc1ccccc1)C(=O)N[C@@H](Cc1c[nH]c2ccccc12)C(=O)N[C@H](C)C(N)=O. The highest BCUT2D eigenvalue weighted by Gasteiger charge is 2.32. The Morgan fingerprint density at radius 2 is 1.24 bits per heavy atom. The minimum absolute atomic E-state index is 0.00673. The van der Waals surface area contributed by atoms with Gasteiger partial charge in [-0.2, -0.15) is 0 Å². The van der Waals surface area contributed by atoms with E-state index in [4.69, 9.17) is 15.2 Å². The lowest BCUT2D eigenvalue weighted by atomic mass is 10.0. The fourth-order valence-corrected chi connectivity index (χ4v) is 5.85. The Balaban J connectivity index is 1.29. The summed E-state index contributed by atoms with van der Waals surface area (Å²) in [6.07, 6.45) is 3.79. The van der Waals surface area contributed by atoms with Gasteiger partial charge in [-0.1, -0.05) is 78.9 Å². The smallest absolute Gasteiger partial charge is 0.408 e. The maximum absolute atomic E-state index is 14.0. The van der Waals surface area contributed by atoms with E-state index in [-0.39, 0.29) is 32.7 Å². The average Bonchev–Trinajstić information content (AvgIpc) is 3.90. The van der Waals surface area contributed by atoms with Gasteiger partial charge in [-0.05, 0) is 36.6 Å². The van der Waals surface area contributed by atoms with Crippen molar-refractivity contribution in [3.63, 3.8) is 0 Å². The third-order valence-electron chi connectivity index (χ3n) is 9.10. The maximum atomic E-state index is 14.0. The summed E-state index contributed by atoms with van der Waals surface area (Å²) in [6.45, 7) is 2.58. The van der Waals surface area contributed by atoms with Crippen LogP contribution < -0.4 is 32.3 Å². The Hall–Kier alpha value is -7.01. The molecule has 0 fully saturated rings. The predicted molar refractivity (Wildman–Crippen MR) is 212 cm³/mol. The zero-order valence-corrected chi connectivity index (χ0v) is 32.0. The van der Waals surface area contributed by atoms with Gasteiger partial charge < -0.3 is 51.8 Å². The summed E-state index contributed by atoms with van der Waals surface area (Å²) in [5, 5.41) is 13.9. The minimum Gasteiger partial charge on any atom is -0.445 e. The van der Waals surface area contributed by atoms with Gasteiger partial charge in [0.05, 0.1) is 19.5 Å².